The summed E-state index contributed by atoms with van der Waals surface area (Å²) in [5, 5.41) is 5.48. The Hall–Kier alpha value is -0.730. The minimum Gasteiger partial charge on any atom is -0.313 e. The smallest absolute Gasteiger partial charge is 0.0453 e. The number of hydrogen-bond donors (Lipinski definition) is 1. The molecule has 1 unspecified atom stereocenters. The zero-order valence-electron chi connectivity index (χ0n) is 11.4. The molecular weight excluding hydrogens is 313 g/mol. The highest BCUT2D eigenvalue weighted by molar-refractivity contribution is 6.36. The maximum atomic E-state index is 6.24. The van der Waals surface area contributed by atoms with Crippen LogP contribution in [0, 0.1) is 6.92 Å². The van der Waals surface area contributed by atoms with Crippen molar-refractivity contribution in [3.8, 4) is 0 Å². The number of aryl methyl sites for hydroxylation is 1. The van der Waals surface area contributed by atoms with Crippen LogP contribution in [0.25, 0.3) is 0 Å². The van der Waals surface area contributed by atoms with Crippen molar-refractivity contribution in [1.82, 2.24) is 5.32 Å². The molecule has 0 aliphatic rings. The molecule has 2 aromatic carbocycles. The summed E-state index contributed by atoms with van der Waals surface area (Å²) in [5.41, 5.74) is 3.20. The molecule has 1 nitrogen and oxygen atoms in total. The lowest BCUT2D eigenvalue weighted by Crippen LogP contribution is -2.19. The van der Waals surface area contributed by atoms with Crippen molar-refractivity contribution in [2.45, 2.75) is 19.4 Å². The van der Waals surface area contributed by atoms with Crippen molar-refractivity contribution in [2.24, 2.45) is 0 Å². The Morgan fingerprint density at radius 3 is 2.20 bits per heavy atom. The molecule has 0 saturated heterocycles. The molecule has 0 aromatic heterocycles. The first-order chi connectivity index (χ1) is 9.52. The number of rotatable bonds is 4. The number of likely N-dealkylation sites (N-methyl/N-ethyl adjacent to an activating group) is 1. The summed E-state index contributed by atoms with van der Waals surface area (Å²) in [6.45, 7) is 2.00. The van der Waals surface area contributed by atoms with Crippen LogP contribution in [0.4, 0.5) is 0 Å². The molecule has 106 valence electrons. The first-order valence-corrected chi connectivity index (χ1v) is 7.52. The fourth-order valence-electron chi connectivity index (χ4n) is 2.20. The van der Waals surface area contributed by atoms with E-state index in [1.807, 2.05) is 44.3 Å². The largest absolute Gasteiger partial charge is 0.313 e. The Kier molecular flexibility index (Phi) is 5.34. The molecule has 0 heterocycles. The summed E-state index contributed by atoms with van der Waals surface area (Å²) in [6.07, 6.45) is 0.732. The third-order valence-electron chi connectivity index (χ3n) is 3.40. The van der Waals surface area contributed by atoms with Crippen LogP contribution in [-0.4, -0.2) is 7.05 Å². The van der Waals surface area contributed by atoms with Gasteiger partial charge in [0.1, 0.15) is 0 Å². The highest BCUT2D eigenvalue weighted by Gasteiger charge is 2.15. The molecule has 2 aromatic rings. The van der Waals surface area contributed by atoms with E-state index in [9.17, 15) is 0 Å². The van der Waals surface area contributed by atoms with Crippen molar-refractivity contribution >= 4 is 34.8 Å². The van der Waals surface area contributed by atoms with Gasteiger partial charge in [-0.05, 0) is 55.3 Å². The number of nitrogens with one attached hydrogen (secondary N) is 1. The topological polar surface area (TPSA) is 12.0 Å². The normalized spacial score (nSPS) is 12.4. The Balaban J connectivity index is 2.31. The zero-order chi connectivity index (χ0) is 14.7. The first-order valence-electron chi connectivity index (χ1n) is 6.39. The minimum atomic E-state index is 0.142. The maximum Gasteiger partial charge on any atom is 0.0453 e. The molecule has 0 bridgehead atoms. The minimum absolute atomic E-state index is 0.142. The van der Waals surface area contributed by atoms with Gasteiger partial charge in [-0.3, -0.25) is 0 Å². The van der Waals surface area contributed by atoms with Crippen LogP contribution in [0.3, 0.4) is 0 Å². The Morgan fingerprint density at radius 1 is 1.00 bits per heavy atom. The van der Waals surface area contributed by atoms with Gasteiger partial charge in [-0.15, -0.1) is 0 Å². The lowest BCUT2D eigenvalue weighted by atomic mass is 9.97. The van der Waals surface area contributed by atoms with Crippen LogP contribution >= 0.6 is 34.8 Å². The summed E-state index contributed by atoms with van der Waals surface area (Å²) < 4.78 is 0. The second-order valence-electron chi connectivity index (χ2n) is 4.75. The van der Waals surface area contributed by atoms with E-state index in [0.717, 1.165) is 22.6 Å². The molecule has 20 heavy (non-hydrogen) atoms. The Bertz CT molecular complexity index is 590. The number of halogens is 3. The molecule has 0 amide bonds. The van der Waals surface area contributed by atoms with Crippen LogP contribution in [-0.2, 0) is 6.42 Å². The van der Waals surface area contributed by atoms with E-state index in [2.05, 4.69) is 11.4 Å². The van der Waals surface area contributed by atoms with Crippen molar-refractivity contribution in [2.75, 3.05) is 7.05 Å². The van der Waals surface area contributed by atoms with Gasteiger partial charge in [0.05, 0.1) is 0 Å². The van der Waals surface area contributed by atoms with Gasteiger partial charge in [-0.1, -0.05) is 53.0 Å². The maximum absolute atomic E-state index is 6.24. The van der Waals surface area contributed by atoms with Crippen molar-refractivity contribution < 1.29 is 0 Å². The molecule has 4 heteroatoms. The lowest BCUT2D eigenvalue weighted by molar-refractivity contribution is 0.592. The quantitative estimate of drug-likeness (QED) is 0.786. The molecule has 0 aliphatic heterocycles. The molecule has 0 fully saturated rings. The van der Waals surface area contributed by atoms with Crippen molar-refractivity contribution in [3.05, 3.63) is 68.2 Å². The molecule has 0 aliphatic carbocycles. The second kappa shape index (κ2) is 6.82. The lowest BCUT2D eigenvalue weighted by Gasteiger charge is -2.19. The van der Waals surface area contributed by atoms with Gasteiger partial charge in [0, 0.05) is 21.1 Å². The van der Waals surface area contributed by atoms with Crippen LogP contribution < -0.4 is 5.32 Å². The summed E-state index contributed by atoms with van der Waals surface area (Å²) in [6, 6.07) is 11.8. The van der Waals surface area contributed by atoms with E-state index in [4.69, 9.17) is 34.8 Å². The van der Waals surface area contributed by atoms with Crippen LogP contribution in [0.1, 0.15) is 22.7 Å². The zero-order valence-corrected chi connectivity index (χ0v) is 13.7. The van der Waals surface area contributed by atoms with Crippen molar-refractivity contribution in [3.63, 3.8) is 0 Å². The van der Waals surface area contributed by atoms with E-state index in [1.54, 1.807) is 0 Å². The molecular formula is C16H16Cl3N. The van der Waals surface area contributed by atoms with Gasteiger partial charge in [0.2, 0.25) is 0 Å². The summed E-state index contributed by atoms with van der Waals surface area (Å²) in [5.74, 6) is 0. The first kappa shape index (κ1) is 15.7. The van der Waals surface area contributed by atoms with E-state index in [-0.39, 0.29) is 6.04 Å². The van der Waals surface area contributed by atoms with Crippen LogP contribution in [0.2, 0.25) is 15.1 Å². The SMILES string of the molecule is CNC(Cc1c(Cl)cccc1Cl)c1ccc(Cl)c(C)c1. The highest BCUT2D eigenvalue weighted by Crippen LogP contribution is 2.30. The number of hydrogen-bond acceptors (Lipinski definition) is 1. The number of benzene rings is 2. The molecule has 0 saturated carbocycles. The Morgan fingerprint density at radius 2 is 1.65 bits per heavy atom. The molecule has 0 spiro atoms. The fourth-order valence-corrected chi connectivity index (χ4v) is 2.87. The summed E-state index contributed by atoms with van der Waals surface area (Å²) in [7, 11) is 1.93. The van der Waals surface area contributed by atoms with Crippen LogP contribution in [0.5, 0.6) is 0 Å². The monoisotopic (exact) mass is 327 g/mol. The Labute approximate surface area is 134 Å². The molecule has 0 radical (unpaired) electrons. The van der Waals surface area contributed by atoms with Crippen LogP contribution in [0.15, 0.2) is 36.4 Å². The van der Waals surface area contributed by atoms with Gasteiger partial charge in [0.25, 0.3) is 0 Å². The van der Waals surface area contributed by atoms with Gasteiger partial charge < -0.3 is 5.32 Å². The predicted octanol–water partition coefficient (Wildman–Crippen LogP) is 5.46. The summed E-state index contributed by atoms with van der Waals surface area (Å²) >= 11 is 18.6. The van der Waals surface area contributed by atoms with E-state index in [1.165, 1.54) is 5.56 Å². The van der Waals surface area contributed by atoms with E-state index >= 15 is 0 Å². The standard InChI is InChI=1S/C16H16Cl3N/c1-10-8-11(6-7-13(10)17)16(20-2)9-12-14(18)4-3-5-15(12)19/h3-8,16,20H,9H2,1-2H3. The van der Waals surface area contributed by atoms with Gasteiger partial charge in [-0.25, -0.2) is 0 Å². The van der Waals surface area contributed by atoms with Crippen molar-refractivity contribution in [1.29, 1.82) is 0 Å². The fraction of sp³-hybridized carbons (Fsp3) is 0.250. The second-order valence-corrected chi connectivity index (χ2v) is 5.98. The van der Waals surface area contributed by atoms with E-state index in [0.29, 0.717) is 10.0 Å². The highest BCUT2D eigenvalue weighted by atomic mass is 35.5. The van der Waals surface area contributed by atoms with E-state index < -0.39 is 0 Å². The van der Waals surface area contributed by atoms with Gasteiger partial charge in [-0.2, -0.15) is 0 Å². The van der Waals surface area contributed by atoms with Gasteiger partial charge in [0.15, 0.2) is 0 Å². The summed E-state index contributed by atoms with van der Waals surface area (Å²) in [4.78, 5) is 0. The molecule has 1 atom stereocenters. The third-order valence-corrected chi connectivity index (χ3v) is 4.54. The average Bonchev–Trinajstić information content (AvgIpc) is 2.42. The predicted molar refractivity (Wildman–Crippen MR) is 88.2 cm³/mol. The average molecular weight is 329 g/mol. The molecule has 2 rings (SSSR count). The molecule has 1 N–H and O–H groups in total. The third kappa shape index (κ3) is 3.48. The van der Waals surface area contributed by atoms with Gasteiger partial charge >= 0.3 is 0 Å².